The second-order valence-corrected chi connectivity index (χ2v) is 5.89. The first-order chi connectivity index (χ1) is 9.71. The van der Waals surface area contributed by atoms with E-state index in [1.807, 2.05) is 24.3 Å². The Morgan fingerprint density at radius 2 is 2.10 bits per heavy atom. The first kappa shape index (κ1) is 14.6. The average molecular weight is 310 g/mol. The fraction of sp³-hybridized carbons (Fsp3) is 0.250. The van der Waals surface area contributed by atoms with Gasteiger partial charge in [-0.3, -0.25) is 4.79 Å². The van der Waals surface area contributed by atoms with E-state index in [0.717, 1.165) is 15.8 Å². The minimum absolute atomic E-state index is 0.0325. The zero-order valence-corrected chi connectivity index (χ0v) is 12.7. The smallest absolute Gasteiger partial charge is 0.230 e. The van der Waals surface area contributed by atoms with Crippen LogP contribution in [-0.4, -0.2) is 36.0 Å². The molecule has 0 unspecified atom stereocenters. The molecule has 6 nitrogen and oxygen atoms in total. The molecule has 0 atom stereocenters. The molecule has 2 aromatic rings. The van der Waals surface area contributed by atoms with Gasteiger partial charge < -0.3 is 15.4 Å². The highest BCUT2D eigenvalue weighted by atomic mass is 32.2. The standard InChI is InChI=1S/C12H14N4O2S2/c1-13-10(17)7-19-12-16-15-11(20-12)14-8-3-5-9(18-2)6-4-8/h3-6H,7H2,1-2H3,(H,13,17)(H,14,15). The molecule has 2 N–H and O–H groups in total. The molecule has 0 spiro atoms. The summed E-state index contributed by atoms with van der Waals surface area (Å²) in [6.07, 6.45) is 0. The maximum absolute atomic E-state index is 11.1. The van der Waals surface area contributed by atoms with Crippen molar-refractivity contribution >= 4 is 39.8 Å². The Bertz CT molecular complexity index is 571. The number of carbonyl (C=O) groups is 1. The van der Waals surface area contributed by atoms with Crippen LogP contribution in [0.1, 0.15) is 0 Å². The molecule has 0 saturated carbocycles. The summed E-state index contributed by atoms with van der Waals surface area (Å²) >= 11 is 2.77. The van der Waals surface area contributed by atoms with Crippen LogP contribution in [0.25, 0.3) is 0 Å². The lowest BCUT2D eigenvalue weighted by molar-refractivity contribution is -0.118. The quantitative estimate of drug-likeness (QED) is 0.796. The Kier molecular flexibility index (Phi) is 5.19. The number of aromatic nitrogens is 2. The third-order valence-electron chi connectivity index (χ3n) is 2.35. The normalized spacial score (nSPS) is 10.1. The van der Waals surface area contributed by atoms with Gasteiger partial charge in [0.15, 0.2) is 4.34 Å². The summed E-state index contributed by atoms with van der Waals surface area (Å²) < 4.78 is 5.85. The van der Waals surface area contributed by atoms with Crippen LogP contribution < -0.4 is 15.4 Å². The van der Waals surface area contributed by atoms with Gasteiger partial charge in [0, 0.05) is 12.7 Å². The highest BCUT2D eigenvalue weighted by Gasteiger charge is 2.07. The molecular weight excluding hydrogens is 296 g/mol. The first-order valence-electron chi connectivity index (χ1n) is 5.79. The summed E-state index contributed by atoms with van der Waals surface area (Å²) in [5.74, 6) is 1.11. The van der Waals surface area contributed by atoms with Gasteiger partial charge in [-0.2, -0.15) is 0 Å². The molecular formula is C12H14N4O2S2. The van der Waals surface area contributed by atoms with Crippen LogP contribution in [0.2, 0.25) is 0 Å². The predicted octanol–water partition coefficient (Wildman–Crippen LogP) is 2.13. The van der Waals surface area contributed by atoms with E-state index >= 15 is 0 Å². The number of rotatable bonds is 6. The Labute approximate surface area is 124 Å². The van der Waals surface area contributed by atoms with Crippen LogP contribution in [0, 0.1) is 0 Å². The summed E-state index contributed by atoms with van der Waals surface area (Å²) in [7, 11) is 3.24. The number of nitrogens with one attached hydrogen (secondary N) is 2. The van der Waals surface area contributed by atoms with Crippen molar-refractivity contribution in [2.75, 3.05) is 25.2 Å². The Hall–Kier alpha value is -1.80. The summed E-state index contributed by atoms with van der Waals surface area (Å²) in [4.78, 5) is 11.1. The van der Waals surface area contributed by atoms with Crippen LogP contribution in [-0.2, 0) is 4.79 Å². The van der Waals surface area contributed by atoms with E-state index in [1.165, 1.54) is 23.1 Å². The monoisotopic (exact) mass is 310 g/mol. The van der Waals surface area contributed by atoms with Crippen molar-refractivity contribution in [2.45, 2.75) is 4.34 Å². The van der Waals surface area contributed by atoms with E-state index in [0.29, 0.717) is 10.9 Å². The van der Waals surface area contributed by atoms with Gasteiger partial charge in [-0.25, -0.2) is 0 Å². The van der Waals surface area contributed by atoms with Gasteiger partial charge in [0.05, 0.1) is 12.9 Å². The molecule has 0 fully saturated rings. The number of anilines is 2. The molecule has 1 aromatic carbocycles. The van der Waals surface area contributed by atoms with Crippen LogP contribution in [0.15, 0.2) is 28.6 Å². The second kappa shape index (κ2) is 7.11. The summed E-state index contributed by atoms with van der Waals surface area (Å²) in [6, 6.07) is 7.53. The number of benzene rings is 1. The molecule has 1 heterocycles. The maximum Gasteiger partial charge on any atom is 0.230 e. The van der Waals surface area contributed by atoms with Crippen LogP contribution in [0.4, 0.5) is 10.8 Å². The lowest BCUT2D eigenvalue weighted by Crippen LogP contribution is -2.19. The lowest BCUT2D eigenvalue weighted by Gasteiger charge is -2.03. The van der Waals surface area contributed by atoms with E-state index in [1.54, 1.807) is 14.2 Å². The molecule has 0 aliphatic heterocycles. The van der Waals surface area contributed by atoms with Crippen molar-refractivity contribution in [1.29, 1.82) is 0 Å². The van der Waals surface area contributed by atoms with Crippen molar-refractivity contribution in [2.24, 2.45) is 0 Å². The van der Waals surface area contributed by atoms with Crippen LogP contribution in [0.5, 0.6) is 5.75 Å². The van der Waals surface area contributed by atoms with E-state index in [2.05, 4.69) is 20.8 Å². The van der Waals surface area contributed by atoms with Gasteiger partial charge in [0.2, 0.25) is 11.0 Å². The number of hydrogen-bond donors (Lipinski definition) is 2. The molecule has 0 bridgehead atoms. The molecule has 0 aliphatic carbocycles. The van der Waals surface area contributed by atoms with E-state index < -0.39 is 0 Å². The van der Waals surface area contributed by atoms with Gasteiger partial charge >= 0.3 is 0 Å². The van der Waals surface area contributed by atoms with Crippen LogP contribution in [0.3, 0.4) is 0 Å². The number of nitrogens with zero attached hydrogens (tertiary/aromatic N) is 2. The number of ether oxygens (including phenoxy) is 1. The van der Waals surface area contributed by atoms with Crippen molar-refractivity contribution in [3.05, 3.63) is 24.3 Å². The van der Waals surface area contributed by atoms with Gasteiger partial charge in [-0.05, 0) is 24.3 Å². The molecule has 0 aliphatic rings. The zero-order chi connectivity index (χ0) is 14.4. The van der Waals surface area contributed by atoms with Crippen LogP contribution >= 0.6 is 23.1 Å². The SMILES string of the molecule is CNC(=O)CSc1nnc(Nc2ccc(OC)cc2)s1. The molecule has 2 rings (SSSR count). The molecule has 1 aromatic heterocycles. The first-order valence-corrected chi connectivity index (χ1v) is 7.59. The largest absolute Gasteiger partial charge is 0.497 e. The minimum atomic E-state index is -0.0325. The van der Waals surface area contributed by atoms with Gasteiger partial charge in [0.1, 0.15) is 5.75 Å². The Morgan fingerprint density at radius 3 is 2.75 bits per heavy atom. The molecule has 1 amide bonds. The highest BCUT2D eigenvalue weighted by Crippen LogP contribution is 2.28. The average Bonchev–Trinajstić information content (AvgIpc) is 2.93. The van der Waals surface area contributed by atoms with Crippen molar-refractivity contribution in [3.8, 4) is 5.75 Å². The van der Waals surface area contributed by atoms with E-state index in [9.17, 15) is 4.79 Å². The molecule has 0 radical (unpaired) electrons. The number of carbonyl (C=O) groups excluding carboxylic acids is 1. The zero-order valence-electron chi connectivity index (χ0n) is 11.0. The maximum atomic E-state index is 11.1. The van der Waals surface area contributed by atoms with Crippen molar-refractivity contribution in [3.63, 3.8) is 0 Å². The van der Waals surface area contributed by atoms with Crippen molar-refractivity contribution < 1.29 is 9.53 Å². The van der Waals surface area contributed by atoms with E-state index in [-0.39, 0.29) is 5.91 Å². The second-order valence-electron chi connectivity index (χ2n) is 3.69. The third kappa shape index (κ3) is 4.10. The van der Waals surface area contributed by atoms with Gasteiger partial charge in [-0.1, -0.05) is 23.1 Å². The lowest BCUT2D eigenvalue weighted by atomic mass is 10.3. The number of hydrogen-bond acceptors (Lipinski definition) is 7. The summed E-state index contributed by atoms with van der Waals surface area (Å²) in [5, 5.41) is 14.5. The fourth-order valence-corrected chi connectivity index (χ4v) is 2.96. The Balaban J connectivity index is 1.93. The minimum Gasteiger partial charge on any atom is -0.497 e. The van der Waals surface area contributed by atoms with Gasteiger partial charge in [0.25, 0.3) is 0 Å². The Morgan fingerprint density at radius 1 is 1.35 bits per heavy atom. The fourth-order valence-electron chi connectivity index (χ4n) is 1.32. The van der Waals surface area contributed by atoms with Gasteiger partial charge in [-0.15, -0.1) is 10.2 Å². The summed E-state index contributed by atoms with van der Waals surface area (Å²) in [5.41, 5.74) is 0.907. The third-order valence-corrected chi connectivity index (χ3v) is 4.33. The predicted molar refractivity (Wildman–Crippen MR) is 81.0 cm³/mol. The molecule has 20 heavy (non-hydrogen) atoms. The van der Waals surface area contributed by atoms with E-state index in [4.69, 9.17) is 4.74 Å². The number of amides is 1. The number of thioether (sulfide) groups is 1. The molecule has 8 heteroatoms. The number of methoxy groups -OCH3 is 1. The van der Waals surface area contributed by atoms with Crippen molar-refractivity contribution in [1.82, 2.24) is 15.5 Å². The highest BCUT2D eigenvalue weighted by molar-refractivity contribution is 8.01. The topological polar surface area (TPSA) is 76.1 Å². The molecule has 0 saturated heterocycles. The molecule has 106 valence electrons. The summed E-state index contributed by atoms with van der Waals surface area (Å²) in [6.45, 7) is 0.